The van der Waals surface area contributed by atoms with Gasteiger partial charge in [0.2, 0.25) is 0 Å². The first kappa shape index (κ1) is 11.7. The van der Waals surface area contributed by atoms with E-state index in [1.165, 1.54) is 0 Å². The van der Waals surface area contributed by atoms with E-state index in [0.717, 1.165) is 6.07 Å². The summed E-state index contributed by atoms with van der Waals surface area (Å²) < 4.78 is 24.7. The fourth-order valence-electron chi connectivity index (χ4n) is 1.06. The first-order valence-electron chi connectivity index (χ1n) is 3.87. The first-order chi connectivity index (χ1) is 7.13. The average Bonchev–Trinajstić information content (AvgIpc) is 2.26. The molecular formula is C9H5BrF2N2O. The average molecular weight is 275 g/mol. The van der Waals surface area contributed by atoms with Crippen molar-refractivity contribution in [3.05, 3.63) is 28.6 Å². The molecule has 0 bridgehead atoms. The van der Waals surface area contributed by atoms with Crippen LogP contribution in [0.4, 0.5) is 8.78 Å². The number of pyridine rings is 1. The van der Waals surface area contributed by atoms with E-state index in [1.54, 1.807) is 6.07 Å². The third-order valence-electron chi connectivity index (χ3n) is 1.77. The van der Waals surface area contributed by atoms with E-state index in [1.807, 2.05) is 0 Å². The summed E-state index contributed by atoms with van der Waals surface area (Å²) in [6.07, 6.45) is -2.43. The van der Waals surface area contributed by atoms with Gasteiger partial charge in [0, 0.05) is 10.9 Å². The van der Waals surface area contributed by atoms with Crippen molar-refractivity contribution in [2.24, 2.45) is 0 Å². The number of halogens is 3. The molecule has 0 aliphatic heterocycles. The Morgan fingerprint density at radius 3 is 2.73 bits per heavy atom. The van der Waals surface area contributed by atoms with Gasteiger partial charge in [-0.15, -0.1) is 0 Å². The van der Waals surface area contributed by atoms with E-state index in [-0.39, 0.29) is 16.6 Å². The molecule has 1 aromatic rings. The van der Waals surface area contributed by atoms with E-state index in [2.05, 4.69) is 20.9 Å². The largest absolute Gasteiger partial charge is 0.296 e. The minimum atomic E-state index is -2.79. The highest BCUT2D eigenvalue weighted by Gasteiger charge is 2.16. The maximum Gasteiger partial charge on any atom is 0.280 e. The lowest BCUT2D eigenvalue weighted by molar-refractivity contribution is 0.111. The molecule has 0 unspecified atom stereocenters. The molecule has 1 rings (SSSR count). The maximum atomic E-state index is 12.3. The number of hydrogen-bond acceptors (Lipinski definition) is 3. The number of nitrogens with zero attached hydrogens (tertiary/aromatic N) is 2. The fourth-order valence-corrected chi connectivity index (χ4v) is 1.65. The smallest absolute Gasteiger partial charge is 0.280 e. The number of carbonyl (C=O) groups excluding carboxylic acids is 1. The zero-order valence-corrected chi connectivity index (χ0v) is 8.96. The van der Waals surface area contributed by atoms with Gasteiger partial charge >= 0.3 is 0 Å². The van der Waals surface area contributed by atoms with Crippen LogP contribution >= 0.6 is 15.9 Å². The van der Waals surface area contributed by atoms with Crippen molar-refractivity contribution in [2.75, 3.05) is 0 Å². The fraction of sp³-hybridized carbons (Fsp3) is 0.222. The van der Waals surface area contributed by atoms with Gasteiger partial charge in [-0.2, -0.15) is 5.26 Å². The molecule has 0 spiro atoms. The van der Waals surface area contributed by atoms with Gasteiger partial charge in [-0.1, -0.05) is 15.9 Å². The Balaban J connectivity index is 3.44. The van der Waals surface area contributed by atoms with Crippen LogP contribution in [0.3, 0.4) is 0 Å². The molecule has 0 fully saturated rings. The second-order valence-corrected chi connectivity index (χ2v) is 3.18. The molecule has 78 valence electrons. The van der Waals surface area contributed by atoms with Crippen LogP contribution in [0.25, 0.3) is 0 Å². The number of carbonyl (C=O) groups is 1. The van der Waals surface area contributed by atoms with E-state index < -0.39 is 12.1 Å². The van der Waals surface area contributed by atoms with Gasteiger partial charge in [0.1, 0.15) is 11.4 Å². The van der Waals surface area contributed by atoms with E-state index in [0.29, 0.717) is 11.8 Å². The van der Waals surface area contributed by atoms with Crippen molar-refractivity contribution < 1.29 is 13.6 Å². The number of nitriles is 1. The lowest BCUT2D eigenvalue weighted by Crippen LogP contribution is -2.03. The van der Waals surface area contributed by atoms with Crippen LogP contribution in [-0.2, 0) is 5.33 Å². The third-order valence-corrected chi connectivity index (χ3v) is 2.33. The Morgan fingerprint density at radius 2 is 2.33 bits per heavy atom. The summed E-state index contributed by atoms with van der Waals surface area (Å²) in [5, 5.41) is 8.94. The molecule has 0 saturated carbocycles. The van der Waals surface area contributed by atoms with Crippen molar-refractivity contribution >= 4 is 22.2 Å². The van der Waals surface area contributed by atoms with Gasteiger partial charge in [-0.05, 0) is 6.07 Å². The molecule has 0 saturated heterocycles. The summed E-state index contributed by atoms with van der Waals surface area (Å²) in [7, 11) is 0. The monoisotopic (exact) mass is 274 g/mol. The quantitative estimate of drug-likeness (QED) is 0.629. The summed E-state index contributed by atoms with van der Waals surface area (Å²) in [4.78, 5) is 14.1. The number of alkyl halides is 3. The molecule has 0 radical (unpaired) electrons. The van der Waals surface area contributed by atoms with Crippen LogP contribution in [0.5, 0.6) is 0 Å². The molecule has 1 aromatic heterocycles. The minimum Gasteiger partial charge on any atom is -0.296 e. The van der Waals surface area contributed by atoms with Crippen LogP contribution in [0.2, 0.25) is 0 Å². The highest BCUT2D eigenvalue weighted by atomic mass is 79.9. The SMILES string of the molecule is N#Cc1cc(C(F)F)nc(C=O)c1CBr. The number of hydrogen-bond donors (Lipinski definition) is 0. The number of aldehydes is 1. The van der Waals surface area contributed by atoms with Crippen LogP contribution in [-0.4, -0.2) is 11.3 Å². The molecule has 0 amide bonds. The topological polar surface area (TPSA) is 53.8 Å². The normalized spacial score (nSPS) is 10.1. The second kappa shape index (κ2) is 4.94. The highest BCUT2D eigenvalue weighted by molar-refractivity contribution is 9.08. The van der Waals surface area contributed by atoms with Crippen LogP contribution in [0.1, 0.15) is 33.7 Å². The van der Waals surface area contributed by atoms with Gasteiger partial charge in [-0.25, -0.2) is 13.8 Å². The predicted octanol–water partition coefficient (Wildman–Crippen LogP) is 2.60. The van der Waals surface area contributed by atoms with E-state index in [9.17, 15) is 13.6 Å². The molecule has 3 nitrogen and oxygen atoms in total. The molecule has 0 aromatic carbocycles. The van der Waals surface area contributed by atoms with Gasteiger partial charge < -0.3 is 0 Å². The van der Waals surface area contributed by atoms with Gasteiger partial charge in [0.25, 0.3) is 6.43 Å². The summed E-state index contributed by atoms with van der Waals surface area (Å²) in [5.41, 5.74) is -0.309. The van der Waals surface area contributed by atoms with Crippen molar-refractivity contribution in [3.8, 4) is 6.07 Å². The molecular weight excluding hydrogens is 270 g/mol. The molecule has 0 N–H and O–H groups in total. The van der Waals surface area contributed by atoms with E-state index in [4.69, 9.17) is 5.26 Å². The summed E-state index contributed by atoms with van der Waals surface area (Å²) in [6, 6.07) is 2.75. The van der Waals surface area contributed by atoms with Crippen LogP contribution in [0.15, 0.2) is 6.07 Å². The Kier molecular flexibility index (Phi) is 3.86. The lowest BCUT2D eigenvalue weighted by atomic mass is 10.1. The number of aromatic nitrogens is 1. The number of rotatable bonds is 3. The Labute approximate surface area is 92.9 Å². The van der Waals surface area contributed by atoms with Crippen molar-refractivity contribution in [2.45, 2.75) is 11.8 Å². The second-order valence-electron chi connectivity index (χ2n) is 2.62. The van der Waals surface area contributed by atoms with Crippen LogP contribution < -0.4 is 0 Å². The highest BCUT2D eigenvalue weighted by Crippen LogP contribution is 2.22. The summed E-state index contributed by atoms with van der Waals surface area (Å²) >= 11 is 3.06. The standard InChI is InChI=1S/C9H5BrF2N2O/c10-2-6-5(3-13)1-7(9(11)12)14-8(6)4-15/h1,4,9H,2H2. The van der Waals surface area contributed by atoms with Gasteiger partial charge in [0.05, 0.1) is 11.6 Å². The summed E-state index contributed by atoms with van der Waals surface area (Å²) in [5.74, 6) is 0. The Bertz CT molecular complexity index is 429. The van der Waals surface area contributed by atoms with Gasteiger partial charge in [0.15, 0.2) is 6.29 Å². The molecule has 15 heavy (non-hydrogen) atoms. The predicted molar refractivity (Wildman–Crippen MR) is 51.9 cm³/mol. The zero-order valence-electron chi connectivity index (χ0n) is 7.38. The summed E-state index contributed by atoms with van der Waals surface area (Å²) in [6.45, 7) is 0. The Hall–Kier alpha value is -1.35. The van der Waals surface area contributed by atoms with Crippen molar-refractivity contribution in [1.29, 1.82) is 5.26 Å². The van der Waals surface area contributed by atoms with Gasteiger partial charge in [-0.3, -0.25) is 4.79 Å². The zero-order chi connectivity index (χ0) is 11.4. The molecule has 6 heteroatoms. The van der Waals surface area contributed by atoms with E-state index >= 15 is 0 Å². The molecule has 0 atom stereocenters. The van der Waals surface area contributed by atoms with Crippen molar-refractivity contribution in [3.63, 3.8) is 0 Å². The van der Waals surface area contributed by atoms with Crippen molar-refractivity contribution in [1.82, 2.24) is 4.98 Å². The lowest BCUT2D eigenvalue weighted by Gasteiger charge is -2.06. The third kappa shape index (κ3) is 2.36. The molecule has 1 heterocycles. The molecule has 0 aliphatic carbocycles. The maximum absolute atomic E-state index is 12.3. The molecule has 0 aliphatic rings. The Morgan fingerprint density at radius 1 is 1.67 bits per heavy atom. The minimum absolute atomic E-state index is 0.0410. The van der Waals surface area contributed by atoms with Crippen LogP contribution in [0, 0.1) is 11.3 Å². The first-order valence-corrected chi connectivity index (χ1v) is 4.99.